The molecule has 2 heteroatoms. The summed E-state index contributed by atoms with van der Waals surface area (Å²) in [5, 5.41) is 0. The molecule has 0 spiro atoms. The van der Waals surface area contributed by atoms with Gasteiger partial charge in [-0.15, -0.1) is 0 Å². The van der Waals surface area contributed by atoms with Crippen molar-refractivity contribution in [3.05, 3.63) is 24.3 Å². The first-order valence-corrected chi connectivity index (χ1v) is 4.42. The molecule has 0 rings (SSSR count). The topological polar surface area (TPSA) is 26.3 Å². The lowest BCUT2D eigenvalue weighted by Gasteiger charge is -2.09. The van der Waals surface area contributed by atoms with Crippen LogP contribution in [0.15, 0.2) is 24.3 Å². The molecule has 0 saturated heterocycles. The number of carbonyl (C=O) groups excluding carboxylic acids is 1. The highest BCUT2D eigenvalue weighted by Gasteiger charge is 2.04. The van der Waals surface area contributed by atoms with E-state index in [-0.39, 0.29) is 5.97 Å². The highest BCUT2D eigenvalue weighted by molar-refractivity contribution is 5.87. The molecule has 0 unspecified atom stereocenters. The molecule has 0 aliphatic heterocycles. The summed E-state index contributed by atoms with van der Waals surface area (Å²) >= 11 is 0. The molecule has 2 nitrogen and oxygen atoms in total. The normalized spacial score (nSPS) is 9.85. The van der Waals surface area contributed by atoms with Crippen LogP contribution < -0.4 is 0 Å². The zero-order chi connectivity index (χ0) is 10.4. The predicted octanol–water partition coefficient (Wildman–Crippen LogP) is 2.71. The van der Waals surface area contributed by atoms with Crippen molar-refractivity contribution in [3.8, 4) is 0 Å². The molecule has 0 aliphatic carbocycles. The fourth-order valence-corrected chi connectivity index (χ4v) is 0.927. The van der Waals surface area contributed by atoms with E-state index in [1.165, 1.54) is 0 Å². The zero-order valence-electron chi connectivity index (χ0n) is 8.72. The minimum Gasteiger partial charge on any atom is -0.458 e. The first-order chi connectivity index (χ1) is 5.93. The molecule has 0 aliphatic rings. The smallest absolute Gasteiger partial charge is 0.333 e. The monoisotopic (exact) mass is 182 g/mol. The second-order valence-corrected chi connectivity index (χ2v) is 3.70. The summed E-state index contributed by atoms with van der Waals surface area (Å²) in [6, 6.07) is 0. The summed E-state index contributed by atoms with van der Waals surface area (Å²) in [7, 11) is 0. The van der Waals surface area contributed by atoms with E-state index in [0.717, 1.165) is 12.0 Å². The highest BCUT2D eigenvalue weighted by Crippen LogP contribution is 2.09. The third kappa shape index (κ3) is 6.14. The quantitative estimate of drug-likeness (QED) is 0.371. The van der Waals surface area contributed by atoms with Crippen molar-refractivity contribution < 1.29 is 9.53 Å². The van der Waals surface area contributed by atoms with Crippen LogP contribution in [0.1, 0.15) is 27.2 Å². The molecule has 0 heterocycles. The van der Waals surface area contributed by atoms with Crippen LogP contribution in [0.2, 0.25) is 0 Å². The van der Waals surface area contributed by atoms with E-state index in [4.69, 9.17) is 4.74 Å². The maximum Gasteiger partial charge on any atom is 0.333 e. The minimum absolute atomic E-state index is 0.309. The van der Waals surface area contributed by atoms with Gasteiger partial charge in [-0.2, -0.15) is 0 Å². The van der Waals surface area contributed by atoms with Crippen LogP contribution in [0.4, 0.5) is 0 Å². The van der Waals surface area contributed by atoms with Crippen molar-refractivity contribution in [2.75, 3.05) is 6.61 Å². The second-order valence-electron chi connectivity index (χ2n) is 3.70. The number of ether oxygens (including phenoxy) is 1. The molecule has 0 aromatic heterocycles. The fraction of sp³-hybridized carbons (Fsp3) is 0.545. The second kappa shape index (κ2) is 5.57. The fourth-order valence-electron chi connectivity index (χ4n) is 0.927. The Balaban J connectivity index is 3.71. The lowest BCUT2D eigenvalue weighted by molar-refractivity contribution is -0.138. The van der Waals surface area contributed by atoms with Gasteiger partial charge in [-0.25, -0.2) is 4.79 Å². The molecule has 0 radical (unpaired) electrons. The Kier molecular flexibility index (Phi) is 5.12. The van der Waals surface area contributed by atoms with Gasteiger partial charge >= 0.3 is 5.97 Å². The average molecular weight is 182 g/mol. The minimum atomic E-state index is -0.343. The Bertz CT molecular complexity index is 214. The summed E-state index contributed by atoms with van der Waals surface area (Å²) in [6.45, 7) is 13.5. The molecule has 0 N–H and O–H groups in total. The number of hydrogen-bond donors (Lipinski definition) is 0. The van der Waals surface area contributed by atoms with Gasteiger partial charge in [0.1, 0.15) is 6.61 Å². The lowest BCUT2D eigenvalue weighted by Crippen LogP contribution is -2.08. The van der Waals surface area contributed by atoms with Crippen LogP contribution in [-0.4, -0.2) is 12.6 Å². The first-order valence-electron chi connectivity index (χ1n) is 4.42. The van der Waals surface area contributed by atoms with Gasteiger partial charge < -0.3 is 4.74 Å². The van der Waals surface area contributed by atoms with Crippen molar-refractivity contribution in [1.29, 1.82) is 0 Å². The largest absolute Gasteiger partial charge is 0.458 e. The summed E-state index contributed by atoms with van der Waals surface area (Å²) in [5.41, 5.74) is 1.38. The molecular weight excluding hydrogens is 164 g/mol. The van der Waals surface area contributed by atoms with Crippen molar-refractivity contribution >= 4 is 5.97 Å². The van der Waals surface area contributed by atoms with E-state index in [1.807, 2.05) is 0 Å². The number of hydrogen-bond acceptors (Lipinski definition) is 2. The molecule has 0 aromatic rings. The Hall–Kier alpha value is -1.05. The first kappa shape index (κ1) is 11.9. The van der Waals surface area contributed by atoms with E-state index >= 15 is 0 Å². The molecule has 0 amide bonds. The number of carbonyl (C=O) groups is 1. The number of rotatable bonds is 5. The SMILES string of the molecule is C=C(COC(=O)C(=C)C)CC(C)C. The predicted molar refractivity (Wildman–Crippen MR) is 54.4 cm³/mol. The van der Waals surface area contributed by atoms with Crippen LogP contribution in [0, 0.1) is 5.92 Å². The Morgan fingerprint density at radius 1 is 1.38 bits per heavy atom. The van der Waals surface area contributed by atoms with Crippen LogP contribution in [0.25, 0.3) is 0 Å². The van der Waals surface area contributed by atoms with Gasteiger partial charge in [0.2, 0.25) is 0 Å². The average Bonchev–Trinajstić information content (AvgIpc) is 1.98. The maximum atomic E-state index is 11.0. The number of esters is 1. The highest BCUT2D eigenvalue weighted by atomic mass is 16.5. The van der Waals surface area contributed by atoms with Gasteiger partial charge in [-0.3, -0.25) is 0 Å². The van der Waals surface area contributed by atoms with Crippen LogP contribution in [0.3, 0.4) is 0 Å². The Morgan fingerprint density at radius 3 is 2.31 bits per heavy atom. The van der Waals surface area contributed by atoms with Gasteiger partial charge in [0.25, 0.3) is 0 Å². The van der Waals surface area contributed by atoms with Crippen molar-refractivity contribution in [1.82, 2.24) is 0 Å². The summed E-state index contributed by atoms with van der Waals surface area (Å²) in [5.74, 6) is 0.209. The third-order valence-corrected chi connectivity index (χ3v) is 1.45. The molecule has 0 bridgehead atoms. The van der Waals surface area contributed by atoms with Gasteiger partial charge in [-0.1, -0.05) is 27.0 Å². The van der Waals surface area contributed by atoms with Gasteiger partial charge in [0.15, 0.2) is 0 Å². The molecule has 74 valence electrons. The molecule has 0 aromatic carbocycles. The van der Waals surface area contributed by atoms with E-state index < -0.39 is 0 Å². The molecule has 0 fully saturated rings. The molecule has 0 atom stereocenters. The van der Waals surface area contributed by atoms with Crippen molar-refractivity contribution in [2.45, 2.75) is 27.2 Å². The summed E-state index contributed by atoms with van der Waals surface area (Å²) in [4.78, 5) is 11.0. The molecule has 0 saturated carbocycles. The van der Waals surface area contributed by atoms with Gasteiger partial charge in [0.05, 0.1) is 0 Å². The maximum absolute atomic E-state index is 11.0. The van der Waals surface area contributed by atoms with E-state index in [0.29, 0.717) is 18.1 Å². The van der Waals surface area contributed by atoms with Crippen LogP contribution in [-0.2, 0) is 9.53 Å². The van der Waals surface area contributed by atoms with Crippen LogP contribution >= 0.6 is 0 Å². The van der Waals surface area contributed by atoms with Crippen LogP contribution in [0.5, 0.6) is 0 Å². The Morgan fingerprint density at radius 2 is 1.92 bits per heavy atom. The van der Waals surface area contributed by atoms with Crippen molar-refractivity contribution in [3.63, 3.8) is 0 Å². The molecule has 13 heavy (non-hydrogen) atoms. The summed E-state index contributed by atoms with van der Waals surface area (Å²) in [6.07, 6.45) is 0.892. The zero-order valence-corrected chi connectivity index (χ0v) is 8.72. The van der Waals surface area contributed by atoms with Gasteiger partial charge in [-0.05, 0) is 24.8 Å². The van der Waals surface area contributed by atoms with Crippen molar-refractivity contribution in [2.24, 2.45) is 5.92 Å². The van der Waals surface area contributed by atoms with E-state index in [1.54, 1.807) is 6.92 Å². The Labute approximate surface area is 80.3 Å². The standard InChI is InChI=1S/C11H18O2/c1-8(2)6-10(5)7-13-11(12)9(3)4/h8H,3,5-7H2,1-2,4H3. The van der Waals surface area contributed by atoms with E-state index in [9.17, 15) is 4.79 Å². The summed E-state index contributed by atoms with van der Waals surface area (Å²) < 4.78 is 4.93. The molecular formula is C11H18O2. The third-order valence-electron chi connectivity index (χ3n) is 1.45. The van der Waals surface area contributed by atoms with E-state index in [2.05, 4.69) is 27.0 Å². The van der Waals surface area contributed by atoms with Gasteiger partial charge in [0, 0.05) is 5.57 Å². The lowest BCUT2D eigenvalue weighted by atomic mass is 10.1.